The molecule has 0 aliphatic carbocycles. The zero-order chi connectivity index (χ0) is 9.26. The molecule has 0 amide bonds. The molecule has 68 valence electrons. The molecule has 2 heterocycles. The highest BCUT2D eigenvalue weighted by Crippen LogP contribution is 2.27. The van der Waals surface area contributed by atoms with Crippen LogP contribution < -0.4 is 0 Å². The fourth-order valence-electron chi connectivity index (χ4n) is 1.22. The van der Waals surface area contributed by atoms with E-state index in [4.69, 9.17) is 0 Å². The van der Waals surface area contributed by atoms with Crippen molar-refractivity contribution in [2.45, 2.75) is 13.0 Å². The van der Waals surface area contributed by atoms with Gasteiger partial charge < -0.3 is 5.11 Å². The monoisotopic (exact) mass is 194 g/mol. The van der Waals surface area contributed by atoms with E-state index >= 15 is 0 Å². The Kier molecular flexibility index (Phi) is 2.16. The van der Waals surface area contributed by atoms with E-state index in [-0.39, 0.29) is 0 Å². The minimum Gasteiger partial charge on any atom is -0.381 e. The van der Waals surface area contributed by atoms with Gasteiger partial charge in [0.1, 0.15) is 6.10 Å². The lowest BCUT2D eigenvalue weighted by Crippen LogP contribution is -1.98. The second kappa shape index (κ2) is 3.32. The van der Waals surface area contributed by atoms with Gasteiger partial charge in [0.2, 0.25) is 0 Å². The number of hydrogen-bond acceptors (Lipinski definition) is 3. The number of H-pyrrole nitrogens is 1. The molecule has 0 radical (unpaired) electrons. The number of aromatic amines is 1. The first kappa shape index (κ1) is 8.47. The molecule has 13 heavy (non-hydrogen) atoms. The van der Waals surface area contributed by atoms with E-state index in [1.165, 1.54) is 0 Å². The molecule has 2 aromatic heterocycles. The van der Waals surface area contributed by atoms with Crippen molar-refractivity contribution >= 4 is 11.3 Å². The van der Waals surface area contributed by atoms with Crippen molar-refractivity contribution in [3.05, 3.63) is 39.8 Å². The van der Waals surface area contributed by atoms with Gasteiger partial charge in [-0.3, -0.25) is 5.10 Å². The van der Waals surface area contributed by atoms with Gasteiger partial charge in [0.05, 0.1) is 5.69 Å². The van der Waals surface area contributed by atoms with Crippen molar-refractivity contribution in [1.82, 2.24) is 10.2 Å². The second-order valence-corrected chi connectivity index (χ2v) is 3.83. The maximum Gasteiger partial charge on any atom is 0.130 e. The normalized spacial score (nSPS) is 13.1. The van der Waals surface area contributed by atoms with E-state index in [1.54, 1.807) is 23.6 Å². The molecule has 0 saturated carbocycles. The van der Waals surface area contributed by atoms with Crippen LogP contribution in [0.15, 0.2) is 23.7 Å². The van der Waals surface area contributed by atoms with Gasteiger partial charge in [0.15, 0.2) is 0 Å². The number of aliphatic hydroxyl groups is 1. The molecule has 0 spiro atoms. The van der Waals surface area contributed by atoms with Crippen LogP contribution >= 0.6 is 11.3 Å². The summed E-state index contributed by atoms with van der Waals surface area (Å²) >= 11 is 1.56. The van der Waals surface area contributed by atoms with Gasteiger partial charge in [-0.05, 0) is 30.0 Å². The summed E-state index contributed by atoms with van der Waals surface area (Å²) in [6.45, 7) is 1.99. The Bertz CT molecular complexity index is 380. The molecular weight excluding hydrogens is 184 g/mol. The maximum atomic E-state index is 9.89. The molecule has 1 atom stereocenters. The van der Waals surface area contributed by atoms with Crippen LogP contribution in [-0.4, -0.2) is 15.3 Å². The fraction of sp³-hybridized carbons (Fsp3) is 0.222. The van der Waals surface area contributed by atoms with Crippen molar-refractivity contribution in [3.8, 4) is 0 Å². The Morgan fingerprint density at radius 1 is 1.54 bits per heavy atom. The van der Waals surface area contributed by atoms with Crippen LogP contribution in [-0.2, 0) is 0 Å². The first-order valence-corrected chi connectivity index (χ1v) is 4.88. The van der Waals surface area contributed by atoms with E-state index in [2.05, 4.69) is 10.2 Å². The van der Waals surface area contributed by atoms with E-state index < -0.39 is 6.10 Å². The van der Waals surface area contributed by atoms with Crippen LogP contribution in [0.1, 0.15) is 22.2 Å². The summed E-state index contributed by atoms with van der Waals surface area (Å²) < 4.78 is 0. The number of nitrogens with one attached hydrogen (secondary N) is 1. The number of rotatable bonds is 2. The largest absolute Gasteiger partial charge is 0.381 e. The van der Waals surface area contributed by atoms with Crippen molar-refractivity contribution in [2.75, 3.05) is 0 Å². The Morgan fingerprint density at radius 3 is 2.92 bits per heavy atom. The molecule has 0 bridgehead atoms. The molecule has 1 unspecified atom stereocenters. The van der Waals surface area contributed by atoms with Crippen LogP contribution in [0.3, 0.4) is 0 Å². The summed E-state index contributed by atoms with van der Waals surface area (Å²) in [4.78, 5) is 0.976. The number of aliphatic hydroxyl groups excluding tert-OH is 1. The average molecular weight is 194 g/mol. The average Bonchev–Trinajstić information content (AvgIpc) is 2.72. The predicted molar refractivity (Wildman–Crippen MR) is 51.7 cm³/mol. The number of thiophene rings is 1. The number of aromatic nitrogens is 2. The van der Waals surface area contributed by atoms with E-state index in [1.807, 2.05) is 18.4 Å². The number of nitrogens with zero attached hydrogens (tertiary/aromatic N) is 1. The molecule has 2 rings (SSSR count). The van der Waals surface area contributed by atoms with Crippen molar-refractivity contribution < 1.29 is 5.11 Å². The minimum atomic E-state index is -0.567. The van der Waals surface area contributed by atoms with Gasteiger partial charge in [0.25, 0.3) is 0 Å². The van der Waals surface area contributed by atoms with E-state index in [0.29, 0.717) is 0 Å². The van der Waals surface area contributed by atoms with Gasteiger partial charge in [-0.25, -0.2) is 0 Å². The first-order valence-electron chi connectivity index (χ1n) is 4.00. The third-order valence-electron chi connectivity index (χ3n) is 1.97. The second-order valence-electron chi connectivity index (χ2n) is 2.88. The summed E-state index contributed by atoms with van der Waals surface area (Å²) in [5.74, 6) is 0. The predicted octanol–water partition coefficient (Wildman–Crippen LogP) is 1.86. The van der Waals surface area contributed by atoms with Crippen molar-refractivity contribution in [2.24, 2.45) is 0 Å². The van der Waals surface area contributed by atoms with Gasteiger partial charge in [-0.2, -0.15) is 5.10 Å². The van der Waals surface area contributed by atoms with Gasteiger partial charge in [-0.15, -0.1) is 11.3 Å². The molecule has 2 aromatic rings. The molecule has 4 heteroatoms. The van der Waals surface area contributed by atoms with E-state index in [0.717, 1.165) is 16.1 Å². The lowest BCUT2D eigenvalue weighted by atomic mass is 10.1. The summed E-state index contributed by atoms with van der Waals surface area (Å²) in [7, 11) is 0. The SMILES string of the molecule is Cc1ccsc1C(O)c1ccn[nH]1. The zero-order valence-corrected chi connectivity index (χ0v) is 8.01. The highest BCUT2D eigenvalue weighted by atomic mass is 32.1. The molecule has 2 N–H and O–H groups in total. The lowest BCUT2D eigenvalue weighted by molar-refractivity contribution is 0.218. The fourth-order valence-corrected chi connectivity index (χ4v) is 2.15. The standard InChI is InChI=1S/C9H10N2OS/c1-6-3-5-13-9(6)8(12)7-2-4-10-11-7/h2-5,8,12H,1H3,(H,10,11). The van der Waals surface area contributed by atoms with Crippen LogP contribution in [0.2, 0.25) is 0 Å². The van der Waals surface area contributed by atoms with E-state index in [9.17, 15) is 5.11 Å². The van der Waals surface area contributed by atoms with Gasteiger partial charge in [-0.1, -0.05) is 0 Å². The first-order chi connectivity index (χ1) is 6.29. The maximum absolute atomic E-state index is 9.89. The summed E-state index contributed by atoms with van der Waals surface area (Å²) in [5, 5.41) is 18.4. The van der Waals surface area contributed by atoms with Crippen LogP contribution in [0.4, 0.5) is 0 Å². The summed E-state index contributed by atoms with van der Waals surface area (Å²) in [5.41, 5.74) is 1.86. The highest BCUT2D eigenvalue weighted by molar-refractivity contribution is 7.10. The van der Waals surface area contributed by atoms with Crippen molar-refractivity contribution in [3.63, 3.8) is 0 Å². The lowest BCUT2D eigenvalue weighted by Gasteiger charge is -2.06. The number of aryl methyl sites for hydroxylation is 1. The Morgan fingerprint density at radius 2 is 2.38 bits per heavy atom. The molecule has 0 fully saturated rings. The molecule has 0 saturated heterocycles. The third-order valence-corrected chi connectivity index (χ3v) is 3.04. The van der Waals surface area contributed by atoms with Crippen molar-refractivity contribution in [1.29, 1.82) is 0 Å². The summed E-state index contributed by atoms with van der Waals surface area (Å²) in [6.07, 6.45) is 1.07. The minimum absolute atomic E-state index is 0.567. The quantitative estimate of drug-likeness (QED) is 0.766. The smallest absolute Gasteiger partial charge is 0.130 e. The van der Waals surface area contributed by atoms with Gasteiger partial charge >= 0.3 is 0 Å². The molecule has 0 aliphatic rings. The topological polar surface area (TPSA) is 48.9 Å². The summed E-state index contributed by atoms with van der Waals surface area (Å²) in [6, 6.07) is 3.78. The zero-order valence-electron chi connectivity index (χ0n) is 7.19. The van der Waals surface area contributed by atoms with Crippen LogP contribution in [0.5, 0.6) is 0 Å². The molecule has 0 aromatic carbocycles. The Labute approximate surface area is 80.1 Å². The molecule has 0 aliphatic heterocycles. The Hall–Kier alpha value is -1.13. The highest BCUT2D eigenvalue weighted by Gasteiger charge is 2.14. The third kappa shape index (κ3) is 1.50. The number of hydrogen-bond donors (Lipinski definition) is 2. The van der Waals surface area contributed by atoms with Crippen LogP contribution in [0, 0.1) is 6.92 Å². The van der Waals surface area contributed by atoms with Crippen LogP contribution in [0.25, 0.3) is 0 Å². The Balaban J connectivity index is 2.33. The van der Waals surface area contributed by atoms with Gasteiger partial charge in [0, 0.05) is 11.1 Å². The molecular formula is C9H10N2OS. The molecule has 3 nitrogen and oxygen atoms in total.